The highest BCUT2D eigenvalue weighted by molar-refractivity contribution is 7.98. The molecule has 0 radical (unpaired) electrons. The van der Waals surface area contributed by atoms with E-state index in [2.05, 4.69) is 4.98 Å². The molecule has 24 heavy (non-hydrogen) atoms. The number of carbonyl (C=O) groups is 2. The highest BCUT2D eigenvalue weighted by Gasteiger charge is 2.15. The molecule has 6 nitrogen and oxygen atoms in total. The Labute approximate surface area is 143 Å². The van der Waals surface area contributed by atoms with Gasteiger partial charge < -0.3 is 14.6 Å². The zero-order valence-electron chi connectivity index (χ0n) is 13.4. The number of thioether (sulfide) groups is 1. The van der Waals surface area contributed by atoms with Crippen LogP contribution in [-0.4, -0.2) is 41.7 Å². The molecule has 126 valence electrons. The van der Waals surface area contributed by atoms with Gasteiger partial charge >= 0.3 is 5.97 Å². The van der Waals surface area contributed by atoms with Crippen molar-refractivity contribution in [2.24, 2.45) is 0 Å². The number of nitrogens with zero attached hydrogens (tertiary/aromatic N) is 1. The second-order valence-electron chi connectivity index (χ2n) is 5.09. The lowest BCUT2D eigenvalue weighted by Gasteiger charge is -2.17. The molecule has 0 aliphatic heterocycles. The van der Waals surface area contributed by atoms with Crippen molar-refractivity contribution >= 4 is 23.6 Å². The second-order valence-corrected chi connectivity index (χ2v) is 5.97. The van der Waals surface area contributed by atoms with Crippen molar-refractivity contribution < 1.29 is 14.3 Å². The number of hydrogen-bond donors (Lipinski definition) is 1. The summed E-state index contributed by atoms with van der Waals surface area (Å²) in [6, 6.07) is 10.7. The topological polar surface area (TPSA) is 79.5 Å². The summed E-state index contributed by atoms with van der Waals surface area (Å²) in [7, 11) is 1.63. The summed E-state index contributed by atoms with van der Waals surface area (Å²) in [6.45, 7) is 0.00350. The summed E-state index contributed by atoms with van der Waals surface area (Å²) in [6.07, 6.45) is 3.41. The Morgan fingerprint density at radius 3 is 2.54 bits per heavy atom. The molecule has 1 heterocycles. The van der Waals surface area contributed by atoms with Crippen LogP contribution in [0.1, 0.15) is 15.9 Å². The number of aromatic nitrogens is 1. The fraction of sp³-hybridized carbons (Fsp3) is 0.235. The molecule has 0 bridgehead atoms. The first-order valence-electron chi connectivity index (χ1n) is 7.23. The first-order chi connectivity index (χ1) is 11.5. The molecule has 1 aromatic heterocycles. The number of benzene rings is 1. The number of carbonyl (C=O) groups excluding carboxylic acids is 2. The number of likely N-dealkylation sites (N-methyl/N-ethyl adjacent to an activating group) is 1. The monoisotopic (exact) mass is 346 g/mol. The van der Waals surface area contributed by atoms with E-state index in [-0.39, 0.29) is 11.5 Å². The normalized spacial score (nSPS) is 10.2. The Hall–Kier alpha value is -2.54. The minimum Gasteiger partial charge on any atom is -0.452 e. The molecular formula is C17H18N2O4S. The third-order valence-electron chi connectivity index (χ3n) is 3.37. The number of esters is 1. The Kier molecular flexibility index (Phi) is 6.20. The lowest BCUT2D eigenvalue weighted by atomic mass is 10.2. The molecule has 1 amide bonds. The molecule has 1 aromatic carbocycles. The Balaban J connectivity index is 1.88. The lowest BCUT2D eigenvalue weighted by Crippen LogP contribution is -2.31. The van der Waals surface area contributed by atoms with E-state index in [9.17, 15) is 14.4 Å². The van der Waals surface area contributed by atoms with Gasteiger partial charge in [-0.05, 0) is 36.1 Å². The van der Waals surface area contributed by atoms with Crippen LogP contribution in [0.5, 0.6) is 0 Å². The minimum atomic E-state index is -0.817. The number of ether oxygens (including phenoxy) is 1. The highest BCUT2D eigenvalue weighted by atomic mass is 32.2. The number of nitrogens with one attached hydrogen (secondary N) is 1. The van der Waals surface area contributed by atoms with Crippen LogP contribution in [0.4, 0.5) is 0 Å². The average molecular weight is 346 g/mol. The van der Waals surface area contributed by atoms with Crippen LogP contribution in [0.25, 0.3) is 0 Å². The first-order valence-corrected chi connectivity index (χ1v) is 8.45. The summed E-state index contributed by atoms with van der Waals surface area (Å²) in [5.41, 5.74) is 0.312. The Morgan fingerprint density at radius 2 is 1.92 bits per heavy atom. The van der Waals surface area contributed by atoms with Crippen molar-refractivity contribution in [2.75, 3.05) is 19.9 Å². The fourth-order valence-corrected chi connectivity index (χ4v) is 2.40. The molecule has 0 saturated carbocycles. The predicted octanol–water partition coefficient (Wildman–Crippen LogP) is 1.91. The van der Waals surface area contributed by atoms with Gasteiger partial charge in [0.25, 0.3) is 11.5 Å². The molecule has 2 aromatic rings. The standard InChI is InChI=1S/C17H18N2O4S/c1-19(10-12-5-7-13(24-2)8-6-12)15(20)11-23-17(22)14-4-3-9-18-16(14)21/h3-9H,10-11H2,1-2H3,(H,18,21). The number of hydrogen-bond acceptors (Lipinski definition) is 5. The minimum absolute atomic E-state index is 0.124. The second kappa shape index (κ2) is 8.35. The van der Waals surface area contributed by atoms with Gasteiger partial charge in [-0.25, -0.2) is 4.79 Å². The smallest absolute Gasteiger partial charge is 0.344 e. The SMILES string of the molecule is CSc1ccc(CN(C)C(=O)COC(=O)c2ccc[nH]c2=O)cc1. The summed E-state index contributed by atoms with van der Waals surface area (Å²) in [5, 5.41) is 0. The maximum Gasteiger partial charge on any atom is 0.344 e. The maximum absolute atomic E-state index is 12.0. The molecule has 0 saturated heterocycles. The van der Waals surface area contributed by atoms with Gasteiger partial charge in [0.1, 0.15) is 5.56 Å². The first kappa shape index (κ1) is 17.8. The Morgan fingerprint density at radius 1 is 1.21 bits per heavy atom. The zero-order valence-corrected chi connectivity index (χ0v) is 14.3. The lowest BCUT2D eigenvalue weighted by molar-refractivity contribution is -0.133. The van der Waals surface area contributed by atoms with Crippen molar-refractivity contribution in [1.82, 2.24) is 9.88 Å². The maximum atomic E-state index is 12.0. The van der Waals surface area contributed by atoms with Crippen molar-refractivity contribution in [2.45, 2.75) is 11.4 Å². The number of rotatable bonds is 6. The van der Waals surface area contributed by atoms with Crippen molar-refractivity contribution in [1.29, 1.82) is 0 Å². The summed E-state index contributed by atoms with van der Waals surface area (Å²) < 4.78 is 4.91. The van der Waals surface area contributed by atoms with Gasteiger partial charge in [0, 0.05) is 24.7 Å². The summed E-state index contributed by atoms with van der Waals surface area (Å²) in [4.78, 5) is 40.3. The number of pyridine rings is 1. The van der Waals surface area contributed by atoms with Crippen molar-refractivity contribution in [3.8, 4) is 0 Å². The third-order valence-corrected chi connectivity index (χ3v) is 4.11. The van der Waals surface area contributed by atoms with E-state index in [1.54, 1.807) is 18.8 Å². The molecule has 0 aliphatic carbocycles. The van der Waals surface area contributed by atoms with Crippen LogP contribution in [0.2, 0.25) is 0 Å². The molecular weight excluding hydrogens is 328 g/mol. The van der Waals surface area contributed by atoms with Gasteiger partial charge in [0.2, 0.25) is 0 Å². The van der Waals surface area contributed by atoms with Crippen molar-refractivity contribution in [3.63, 3.8) is 0 Å². The largest absolute Gasteiger partial charge is 0.452 e. The Bertz CT molecular complexity index is 771. The molecule has 0 fully saturated rings. The van der Waals surface area contributed by atoms with Crippen LogP contribution in [0.3, 0.4) is 0 Å². The number of aromatic amines is 1. The van der Waals surface area contributed by atoms with Crippen LogP contribution >= 0.6 is 11.8 Å². The van der Waals surface area contributed by atoms with Crippen molar-refractivity contribution in [3.05, 3.63) is 64.1 Å². The number of amides is 1. The van der Waals surface area contributed by atoms with Gasteiger partial charge in [0.15, 0.2) is 6.61 Å². The van der Waals surface area contributed by atoms with E-state index < -0.39 is 18.1 Å². The van der Waals surface area contributed by atoms with Gasteiger partial charge in [-0.1, -0.05) is 12.1 Å². The van der Waals surface area contributed by atoms with Gasteiger partial charge in [-0.15, -0.1) is 11.8 Å². The molecule has 0 aliphatic rings. The average Bonchev–Trinajstić information content (AvgIpc) is 2.60. The van der Waals surface area contributed by atoms with Crippen LogP contribution in [0.15, 0.2) is 52.3 Å². The van der Waals surface area contributed by atoms with Crippen LogP contribution < -0.4 is 5.56 Å². The highest BCUT2D eigenvalue weighted by Crippen LogP contribution is 2.15. The van der Waals surface area contributed by atoms with Gasteiger partial charge in [-0.2, -0.15) is 0 Å². The van der Waals surface area contributed by atoms with E-state index in [1.165, 1.54) is 23.2 Å². The molecule has 0 spiro atoms. The number of H-pyrrole nitrogens is 1. The van der Waals surface area contributed by atoms with E-state index in [0.717, 1.165) is 10.5 Å². The molecule has 7 heteroatoms. The van der Waals surface area contributed by atoms with Gasteiger partial charge in [0.05, 0.1) is 0 Å². The fourth-order valence-electron chi connectivity index (χ4n) is 1.99. The zero-order chi connectivity index (χ0) is 17.5. The van der Waals surface area contributed by atoms with E-state index >= 15 is 0 Å². The summed E-state index contributed by atoms with van der Waals surface area (Å²) >= 11 is 1.65. The quantitative estimate of drug-likeness (QED) is 0.638. The predicted molar refractivity (Wildman–Crippen MR) is 92.0 cm³/mol. The molecule has 0 unspecified atom stereocenters. The molecule has 1 N–H and O–H groups in total. The summed E-state index contributed by atoms with van der Waals surface area (Å²) in [5.74, 6) is -1.16. The van der Waals surface area contributed by atoms with E-state index in [4.69, 9.17) is 4.74 Å². The molecule has 2 rings (SSSR count). The van der Waals surface area contributed by atoms with Crippen LogP contribution in [0, 0.1) is 0 Å². The van der Waals surface area contributed by atoms with Crippen LogP contribution in [-0.2, 0) is 16.1 Å². The van der Waals surface area contributed by atoms with E-state index in [0.29, 0.717) is 6.54 Å². The molecule has 0 atom stereocenters. The van der Waals surface area contributed by atoms with Gasteiger partial charge in [-0.3, -0.25) is 9.59 Å². The third kappa shape index (κ3) is 4.73. The van der Waals surface area contributed by atoms with E-state index in [1.807, 2.05) is 30.5 Å².